The largest absolute Gasteiger partial charge is 0.494 e. The van der Waals surface area contributed by atoms with Gasteiger partial charge in [-0.25, -0.2) is 4.79 Å². The number of ether oxygens (including phenoxy) is 1. The molecule has 0 amide bonds. The first kappa shape index (κ1) is 19.8. The molecular weight excluding hydrogens is 314 g/mol. The van der Waals surface area contributed by atoms with Crippen LogP contribution < -0.4 is 10.1 Å². The van der Waals surface area contributed by atoms with E-state index in [0.717, 1.165) is 42.3 Å². The fourth-order valence-corrected chi connectivity index (χ4v) is 3.36. The first-order valence-corrected chi connectivity index (χ1v) is 8.17. The molecule has 1 aromatic rings. The molecule has 0 aliphatic carbocycles. The van der Waals surface area contributed by atoms with Crippen molar-refractivity contribution in [3.63, 3.8) is 0 Å². The van der Waals surface area contributed by atoms with Crippen molar-refractivity contribution < 1.29 is 14.6 Å². The van der Waals surface area contributed by atoms with Gasteiger partial charge in [-0.15, -0.1) is 12.4 Å². The Kier molecular flexibility index (Phi) is 7.86. The third-order valence-corrected chi connectivity index (χ3v) is 4.75. The van der Waals surface area contributed by atoms with Crippen LogP contribution >= 0.6 is 12.4 Å². The highest BCUT2D eigenvalue weighted by molar-refractivity contribution is 5.91. The average molecular weight is 342 g/mol. The van der Waals surface area contributed by atoms with Crippen molar-refractivity contribution in [1.82, 2.24) is 5.32 Å². The third kappa shape index (κ3) is 5.40. The topological polar surface area (TPSA) is 58.6 Å². The number of aromatic carboxylic acids is 1. The monoisotopic (exact) mass is 341 g/mol. The Bertz CT molecular complexity index is 504. The standard InChI is InChI=1S/C18H27NO3.ClH/c1-12(15-4-7-19-8-5-15)6-9-22-16-10-13(2)17(18(20)21)14(3)11-16;/h10-12,15,19H,4-9H2,1-3H3,(H,20,21);1H/t12-;/m1./s1. The molecule has 1 atom stereocenters. The Morgan fingerprint density at radius 3 is 2.39 bits per heavy atom. The first-order valence-electron chi connectivity index (χ1n) is 8.17. The minimum atomic E-state index is -0.874. The third-order valence-electron chi connectivity index (χ3n) is 4.75. The van der Waals surface area contributed by atoms with Crippen LogP contribution in [0.4, 0.5) is 0 Å². The fraction of sp³-hybridized carbons (Fsp3) is 0.611. The van der Waals surface area contributed by atoms with Gasteiger partial charge in [0.25, 0.3) is 0 Å². The van der Waals surface area contributed by atoms with Gasteiger partial charge in [-0.05, 0) is 81.3 Å². The number of benzene rings is 1. The Morgan fingerprint density at radius 1 is 1.30 bits per heavy atom. The molecule has 0 unspecified atom stereocenters. The molecule has 0 spiro atoms. The van der Waals surface area contributed by atoms with Crippen molar-refractivity contribution in [2.24, 2.45) is 11.8 Å². The van der Waals surface area contributed by atoms with Gasteiger partial charge in [-0.1, -0.05) is 6.92 Å². The van der Waals surface area contributed by atoms with Gasteiger partial charge < -0.3 is 15.2 Å². The van der Waals surface area contributed by atoms with E-state index in [1.54, 1.807) is 0 Å². The Labute approximate surface area is 145 Å². The van der Waals surface area contributed by atoms with E-state index >= 15 is 0 Å². The molecular formula is C18H28ClNO3. The summed E-state index contributed by atoms with van der Waals surface area (Å²) in [5.74, 6) is 1.36. The highest BCUT2D eigenvalue weighted by atomic mass is 35.5. The lowest BCUT2D eigenvalue weighted by Gasteiger charge is -2.28. The fourth-order valence-electron chi connectivity index (χ4n) is 3.36. The summed E-state index contributed by atoms with van der Waals surface area (Å²) < 4.78 is 5.86. The molecule has 130 valence electrons. The molecule has 0 saturated carbocycles. The molecule has 0 aromatic heterocycles. The molecule has 1 aliphatic rings. The van der Waals surface area contributed by atoms with Crippen molar-refractivity contribution in [3.8, 4) is 5.75 Å². The van der Waals surface area contributed by atoms with Crippen LogP contribution in [-0.4, -0.2) is 30.8 Å². The zero-order valence-corrected chi connectivity index (χ0v) is 15.0. The number of piperidine rings is 1. The van der Waals surface area contributed by atoms with Crippen LogP contribution in [0, 0.1) is 25.7 Å². The molecule has 23 heavy (non-hydrogen) atoms. The number of carbonyl (C=O) groups is 1. The highest BCUT2D eigenvalue weighted by Crippen LogP contribution is 2.26. The molecule has 4 nitrogen and oxygen atoms in total. The maximum Gasteiger partial charge on any atom is 0.336 e. The van der Waals surface area contributed by atoms with Crippen LogP contribution in [0.25, 0.3) is 0 Å². The molecule has 0 radical (unpaired) electrons. The van der Waals surface area contributed by atoms with Gasteiger partial charge in [0.2, 0.25) is 0 Å². The molecule has 2 rings (SSSR count). The lowest BCUT2D eigenvalue weighted by Crippen LogP contribution is -2.31. The molecule has 5 heteroatoms. The lowest BCUT2D eigenvalue weighted by molar-refractivity contribution is 0.0695. The quantitative estimate of drug-likeness (QED) is 0.825. The molecule has 0 bridgehead atoms. The Morgan fingerprint density at radius 2 is 1.87 bits per heavy atom. The molecule has 2 N–H and O–H groups in total. The highest BCUT2D eigenvalue weighted by Gasteiger charge is 2.19. The number of nitrogens with one attached hydrogen (secondary N) is 1. The summed E-state index contributed by atoms with van der Waals surface area (Å²) in [6.45, 7) is 8.90. The minimum Gasteiger partial charge on any atom is -0.494 e. The van der Waals surface area contributed by atoms with Crippen LogP contribution in [0.1, 0.15) is 47.7 Å². The van der Waals surface area contributed by atoms with Crippen molar-refractivity contribution in [2.75, 3.05) is 19.7 Å². The summed E-state index contributed by atoms with van der Waals surface area (Å²) in [5, 5.41) is 12.6. The van der Waals surface area contributed by atoms with Crippen molar-refractivity contribution in [1.29, 1.82) is 0 Å². The van der Waals surface area contributed by atoms with Crippen LogP contribution in [0.15, 0.2) is 12.1 Å². The van der Waals surface area contributed by atoms with Gasteiger partial charge in [0.05, 0.1) is 12.2 Å². The van der Waals surface area contributed by atoms with E-state index in [0.29, 0.717) is 18.1 Å². The number of halogens is 1. The zero-order chi connectivity index (χ0) is 16.1. The number of aryl methyl sites for hydroxylation is 2. The summed E-state index contributed by atoms with van der Waals surface area (Å²) in [6.07, 6.45) is 3.56. The van der Waals surface area contributed by atoms with Crippen molar-refractivity contribution >= 4 is 18.4 Å². The van der Waals surface area contributed by atoms with Gasteiger partial charge in [0.15, 0.2) is 0 Å². The normalized spacial score (nSPS) is 16.5. The van der Waals surface area contributed by atoms with Crippen LogP contribution in [-0.2, 0) is 0 Å². The van der Waals surface area contributed by atoms with E-state index in [4.69, 9.17) is 4.74 Å². The van der Waals surface area contributed by atoms with Crippen molar-refractivity contribution in [3.05, 3.63) is 28.8 Å². The molecule has 1 aliphatic heterocycles. The maximum atomic E-state index is 11.2. The van der Waals surface area contributed by atoms with Crippen LogP contribution in [0.3, 0.4) is 0 Å². The summed E-state index contributed by atoms with van der Waals surface area (Å²) >= 11 is 0. The molecule has 1 heterocycles. The lowest BCUT2D eigenvalue weighted by atomic mass is 9.84. The maximum absolute atomic E-state index is 11.2. The second-order valence-corrected chi connectivity index (χ2v) is 6.44. The van der Waals surface area contributed by atoms with E-state index in [-0.39, 0.29) is 12.4 Å². The molecule has 1 fully saturated rings. The minimum absolute atomic E-state index is 0. The number of rotatable bonds is 6. The SMILES string of the molecule is Cc1cc(OCC[C@@H](C)C2CCNCC2)cc(C)c1C(=O)O.Cl. The predicted molar refractivity (Wildman–Crippen MR) is 95.0 cm³/mol. The van der Waals surface area contributed by atoms with E-state index < -0.39 is 5.97 Å². The second-order valence-electron chi connectivity index (χ2n) is 6.44. The van der Waals surface area contributed by atoms with Gasteiger partial charge >= 0.3 is 5.97 Å². The van der Waals surface area contributed by atoms with E-state index in [1.807, 2.05) is 26.0 Å². The average Bonchev–Trinajstić information content (AvgIpc) is 2.47. The number of hydrogen-bond acceptors (Lipinski definition) is 3. The van der Waals surface area contributed by atoms with Gasteiger partial charge in [0.1, 0.15) is 5.75 Å². The summed E-state index contributed by atoms with van der Waals surface area (Å²) in [6, 6.07) is 3.65. The Balaban J connectivity index is 0.00000264. The van der Waals surface area contributed by atoms with Gasteiger partial charge in [-0.3, -0.25) is 0 Å². The van der Waals surface area contributed by atoms with Crippen molar-refractivity contribution in [2.45, 2.75) is 40.0 Å². The molecule has 1 aromatic carbocycles. The summed E-state index contributed by atoms with van der Waals surface area (Å²) in [5.41, 5.74) is 1.90. The first-order chi connectivity index (χ1) is 10.5. The Hall–Kier alpha value is -1.26. The zero-order valence-electron chi connectivity index (χ0n) is 14.2. The van der Waals surface area contributed by atoms with Crippen LogP contribution in [0.2, 0.25) is 0 Å². The predicted octanol–water partition coefficient (Wildman–Crippen LogP) is 3.83. The molecule has 1 saturated heterocycles. The van der Waals surface area contributed by atoms with Gasteiger partial charge in [0, 0.05) is 0 Å². The van der Waals surface area contributed by atoms with E-state index in [2.05, 4.69) is 12.2 Å². The van der Waals surface area contributed by atoms with Crippen LogP contribution in [0.5, 0.6) is 5.75 Å². The number of carboxylic acid groups (broad SMARTS) is 1. The van der Waals surface area contributed by atoms with E-state index in [1.165, 1.54) is 12.8 Å². The smallest absolute Gasteiger partial charge is 0.336 e. The number of hydrogen-bond donors (Lipinski definition) is 2. The second kappa shape index (κ2) is 9.14. The van der Waals surface area contributed by atoms with E-state index in [9.17, 15) is 9.90 Å². The van der Waals surface area contributed by atoms with Gasteiger partial charge in [-0.2, -0.15) is 0 Å². The summed E-state index contributed by atoms with van der Waals surface area (Å²) in [4.78, 5) is 11.2. The summed E-state index contributed by atoms with van der Waals surface area (Å²) in [7, 11) is 0. The number of carboxylic acids is 1.